The zero-order chi connectivity index (χ0) is 19.2. The quantitative estimate of drug-likeness (QED) is 0.779. The average molecular weight is 354 g/mol. The first-order chi connectivity index (χ1) is 12.1. The van der Waals surface area contributed by atoms with E-state index in [2.05, 4.69) is 50.1 Å². The minimum Gasteiger partial charge on any atom is -0.319 e. The highest BCUT2D eigenvalue weighted by molar-refractivity contribution is 6.12. The van der Waals surface area contributed by atoms with Crippen molar-refractivity contribution in [1.29, 1.82) is 0 Å². The number of aromatic nitrogens is 5. The van der Waals surface area contributed by atoms with Crippen molar-refractivity contribution >= 4 is 22.6 Å². The molecule has 1 N–H and O–H groups in total. The Morgan fingerprint density at radius 3 is 2.50 bits per heavy atom. The minimum atomic E-state index is -0.230. The smallest absolute Gasteiger partial charge is 0.256 e. The number of anilines is 1. The van der Waals surface area contributed by atoms with Crippen LogP contribution in [-0.2, 0) is 12.6 Å². The molecule has 0 aliphatic heterocycles. The second kappa shape index (κ2) is 6.23. The van der Waals surface area contributed by atoms with Crippen molar-refractivity contribution in [2.45, 2.75) is 53.0 Å². The fourth-order valence-corrected chi connectivity index (χ4v) is 2.94. The number of nitrogens with one attached hydrogen (secondary N) is 1. The highest BCUT2D eigenvalue weighted by Gasteiger charge is 2.25. The highest BCUT2D eigenvalue weighted by Crippen LogP contribution is 2.29. The third kappa shape index (κ3) is 3.21. The standard InChI is InChI=1S/C19H26N6O/c1-11(2)15-8-14(18(26)21-13-9-20-24(7)10-13)16-12(3)23-25(17(16)22-15)19(4,5)6/h8-11H,1-7H3,(H,21,26). The Bertz CT molecular complexity index is 974. The van der Waals surface area contributed by atoms with Crippen LogP contribution in [0, 0.1) is 6.92 Å². The first-order valence-corrected chi connectivity index (χ1v) is 8.78. The molecule has 0 radical (unpaired) electrons. The van der Waals surface area contributed by atoms with Gasteiger partial charge >= 0.3 is 0 Å². The molecule has 0 spiro atoms. The van der Waals surface area contributed by atoms with Crippen molar-refractivity contribution in [2.75, 3.05) is 5.32 Å². The average Bonchev–Trinajstić information content (AvgIpc) is 3.09. The lowest BCUT2D eigenvalue weighted by molar-refractivity contribution is 0.102. The van der Waals surface area contributed by atoms with Crippen molar-refractivity contribution in [3.8, 4) is 0 Å². The molecule has 0 unspecified atom stereocenters. The van der Waals surface area contributed by atoms with Gasteiger partial charge < -0.3 is 5.32 Å². The Balaban J connectivity index is 2.20. The molecule has 26 heavy (non-hydrogen) atoms. The van der Waals surface area contributed by atoms with Gasteiger partial charge in [0.15, 0.2) is 5.65 Å². The zero-order valence-electron chi connectivity index (χ0n) is 16.5. The summed E-state index contributed by atoms with van der Waals surface area (Å²) in [6, 6.07) is 1.88. The summed E-state index contributed by atoms with van der Waals surface area (Å²) in [5.74, 6) is 0.0248. The number of pyridine rings is 1. The lowest BCUT2D eigenvalue weighted by Crippen LogP contribution is -2.24. The van der Waals surface area contributed by atoms with E-state index in [1.165, 1.54) is 0 Å². The van der Waals surface area contributed by atoms with Crippen LogP contribution < -0.4 is 5.32 Å². The maximum Gasteiger partial charge on any atom is 0.256 e. The number of carbonyl (C=O) groups is 1. The predicted octanol–water partition coefficient (Wildman–Crippen LogP) is 3.60. The number of hydrogen-bond donors (Lipinski definition) is 1. The van der Waals surface area contributed by atoms with Crippen LogP contribution in [0.5, 0.6) is 0 Å². The summed E-state index contributed by atoms with van der Waals surface area (Å²) in [5, 5.41) is 12.5. The number of fused-ring (bicyclic) bond motifs is 1. The Morgan fingerprint density at radius 1 is 1.27 bits per heavy atom. The summed E-state index contributed by atoms with van der Waals surface area (Å²) in [6.45, 7) is 12.3. The number of rotatable bonds is 3. The van der Waals surface area contributed by atoms with E-state index in [4.69, 9.17) is 4.98 Å². The summed E-state index contributed by atoms with van der Waals surface area (Å²) < 4.78 is 3.56. The normalized spacial score (nSPS) is 12.2. The Kier molecular flexibility index (Phi) is 4.34. The van der Waals surface area contributed by atoms with Crippen LogP contribution >= 0.6 is 0 Å². The molecule has 1 amide bonds. The molecule has 138 valence electrons. The van der Waals surface area contributed by atoms with Crippen molar-refractivity contribution in [1.82, 2.24) is 24.5 Å². The third-order valence-corrected chi connectivity index (χ3v) is 4.27. The van der Waals surface area contributed by atoms with Gasteiger partial charge in [0.2, 0.25) is 0 Å². The number of amides is 1. The van der Waals surface area contributed by atoms with Gasteiger partial charge in [-0.3, -0.25) is 9.48 Å². The summed E-state index contributed by atoms with van der Waals surface area (Å²) in [7, 11) is 1.81. The van der Waals surface area contributed by atoms with Gasteiger partial charge in [0.05, 0.1) is 34.1 Å². The van der Waals surface area contributed by atoms with E-state index in [9.17, 15) is 4.79 Å². The Morgan fingerprint density at radius 2 is 1.96 bits per heavy atom. The first kappa shape index (κ1) is 18.1. The van der Waals surface area contributed by atoms with Crippen LogP contribution in [0.15, 0.2) is 18.5 Å². The van der Waals surface area contributed by atoms with Crippen molar-refractivity contribution in [3.05, 3.63) is 35.4 Å². The first-order valence-electron chi connectivity index (χ1n) is 8.78. The van der Waals surface area contributed by atoms with Crippen molar-refractivity contribution < 1.29 is 4.79 Å². The summed E-state index contributed by atoms with van der Waals surface area (Å²) in [4.78, 5) is 17.8. The topological polar surface area (TPSA) is 77.6 Å². The molecule has 3 aromatic heterocycles. The van der Waals surface area contributed by atoms with Crippen LogP contribution in [0.3, 0.4) is 0 Å². The third-order valence-electron chi connectivity index (χ3n) is 4.27. The van der Waals surface area contributed by atoms with Crippen molar-refractivity contribution in [3.63, 3.8) is 0 Å². The fraction of sp³-hybridized carbons (Fsp3) is 0.474. The van der Waals surface area contributed by atoms with E-state index in [1.807, 2.05) is 24.7 Å². The molecule has 0 fully saturated rings. The van der Waals surface area contributed by atoms with E-state index in [0.29, 0.717) is 11.3 Å². The highest BCUT2D eigenvalue weighted by atomic mass is 16.1. The van der Waals surface area contributed by atoms with E-state index in [1.54, 1.807) is 17.1 Å². The van der Waals surface area contributed by atoms with Crippen LogP contribution in [0.1, 0.15) is 62.3 Å². The number of nitrogens with zero attached hydrogens (tertiary/aromatic N) is 5. The maximum atomic E-state index is 13.0. The lowest BCUT2D eigenvalue weighted by atomic mass is 10.0. The second-order valence-electron chi connectivity index (χ2n) is 7.97. The molecule has 0 atom stereocenters. The van der Waals surface area contributed by atoms with Gasteiger partial charge in [-0.1, -0.05) is 13.8 Å². The SMILES string of the molecule is Cc1nn(C(C)(C)C)c2nc(C(C)C)cc(C(=O)Nc3cnn(C)c3)c12. The predicted molar refractivity (Wildman–Crippen MR) is 103 cm³/mol. The van der Waals surface area contributed by atoms with E-state index in [0.717, 1.165) is 22.4 Å². The molecule has 7 nitrogen and oxygen atoms in total. The maximum absolute atomic E-state index is 13.0. The van der Waals surface area contributed by atoms with Crippen LogP contribution in [0.4, 0.5) is 5.69 Å². The van der Waals surface area contributed by atoms with Gasteiger partial charge in [0.25, 0.3) is 5.91 Å². The van der Waals surface area contributed by atoms with Gasteiger partial charge in [-0.2, -0.15) is 10.2 Å². The molecule has 3 rings (SSSR count). The van der Waals surface area contributed by atoms with Crippen LogP contribution in [0.2, 0.25) is 0 Å². The fourth-order valence-electron chi connectivity index (χ4n) is 2.94. The summed E-state index contributed by atoms with van der Waals surface area (Å²) in [6.07, 6.45) is 3.40. The van der Waals surface area contributed by atoms with Crippen molar-refractivity contribution in [2.24, 2.45) is 7.05 Å². The van der Waals surface area contributed by atoms with E-state index in [-0.39, 0.29) is 17.4 Å². The number of hydrogen-bond acceptors (Lipinski definition) is 4. The number of carbonyl (C=O) groups excluding carboxylic acids is 1. The van der Waals surface area contributed by atoms with Crippen LogP contribution in [-0.4, -0.2) is 30.5 Å². The summed E-state index contributed by atoms with van der Waals surface area (Å²) >= 11 is 0. The molecule has 0 aromatic carbocycles. The number of aryl methyl sites for hydroxylation is 2. The molecule has 0 saturated carbocycles. The molecule has 3 heterocycles. The van der Waals surface area contributed by atoms with Crippen LogP contribution in [0.25, 0.3) is 11.0 Å². The van der Waals surface area contributed by atoms with Gasteiger partial charge in [-0.05, 0) is 39.7 Å². The molecular formula is C19H26N6O. The van der Waals surface area contributed by atoms with E-state index >= 15 is 0 Å². The Labute approximate surface area is 153 Å². The zero-order valence-corrected chi connectivity index (χ0v) is 16.5. The largest absolute Gasteiger partial charge is 0.319 e. The van der Waals surface area contributed by atoms with Gasteiger partial charge in [-0.15, -0.1) is 0 Å². The Hall–Kier alpha value is -2.70. The monoisotopic (exact) mass is 354 g/mol. The molecule has 0 aliphatic rings. The molecule has 0 saturated heterocycles. The second-order valence-corrected chi connectivity index (χ2v) is 7.97. The van der Waals surface area contributed by atoms with Gasteiger partial charge in [0, 0.05) is 18.9 Å². The molecule has 7 heteroatoms. The molecule has 0 bridgehead atoms. The molecule has 0 aliphatic carbocycles. The minimum absolute atomic E-state index is 0.177. The van der Waals surface area contributed by atoms with E-state index < -0.39 is 0 Å². The van der Waals surface area contributed by atoms with Gasteiger partial charge in [-0.25, -0.2) is 9.67 Å². The molecule has 3 aromatic rings. The summed E-state index contributed by atoms with van der Waals surface area (Å²) in [5.41, 5.74) is 3.45. The van der Waals surface area contributed by atoms with Gasteiger partial charge in [0.1, 0.15) is 0 Å². The lowest BCUT2D eigenvalue weighted by Gasteiger charge is -2.20. The molecular weight excluding hydrogens is 328 g/mol.